The quantitative estimate of drug-likeness (QED) is 0.778. The van der Waals surface area contributed by atoms with Gasteiger partial charge in [-0.1, -0.05) is 0 Å². The molecule has 0 saturated carbocycles. The van der Waals surface area contributed by atoms with E-state index >= 15 is 0 Å². The van der Waals surface area contributed by atoms with Gasteiger partial charge in [-0.2, -0.15) is 0 Å². The summed E-state index contributed by atoms with van der Waals surface area (Å²) in [5.41, 5.74) is 1.06. The Morgan fingerprint density at radius 1 is 1.20 bits per heavy atom. The van der Waals surface area contributed by atoms with Gasteiger partial charge in [0.05, 0.1) is 11.9 Å². The van der Waals surface area contributed by atoms with Gasteiger partial charge in [0.15, 0.2) is 0 Å². The number of likely N-dealkylation sites (N-methyl/N-ethyl adjacent to an activating group) is 1. The van der Waals surface area contributed by atoms with E-state index in [0.717, 1.165) is 37.7 Å². The van der Waals surface area contributed by atoms with Crippen LogP contribution in [0.15, 0.2) is 18.3 Å². The Kier molecular flexibility index (Phi) is 3.06. The Morgan fingerprint density at radius 2 is 1.93 bits per heavy atom. The Hall–Kier alpha value is -1.29. The van der Waals surface area contributed by atoms with Gasteiger partial charge in [0.25, 0.3) is 0 Å². The normalized spacial score (nSPS) is 17.9. The predicted octanol–water partition coefficient (Wildman–Crippen LogP) is 0.875. The number of anilines is 2. The zero-order valence-electron chi connectivity index (χ0n) is 9.40. The SMILES string of the molecule is CNc1ccc(N2CCN(C)CC2)nc1. The van der Waals surface area contributed by atoms with Crippen molar-refractivity contribution in [2.45, 2.75) is 0 Å². The van der Waals surface area contributed by atoms with Gasteiger partial charge in [0, 0.05) is 33.2 Å². The molecule has 0 bridgehead atoms. The van der Waals surface area contributed by atoms with E-state index < -0.39 is 0 Å². The van der Waals surface area contributed by atoms with E-state index in [9.17, 15) is 0 Å². The molecule has 4 heteroatoms. The van der Waals surface area contributed by atoms with Gasteiger partial charge in [-0.3, -0.25) is 0 Å². The molecule has 15 heavy (non-hydrogen) atoms. The Labute approximate surface area is 90.9 Å². The summed E-state index contributed by atoms with van der Waals surface area (Å²) in [6, 6.07) is 4.15. The van der Waals surface area contributed by atoms with Gasteiger partial charge in [-0.15, -0.1) is 0 Å². The van der Waals surface area contributed by atoms with Gasteiger partial charge in [-0.25, -0.2) is 4.98 Å². The van der Waals surface area contributed by atoms with Crippen LogP contribution in [0.2, 0.25) is 0 Å². The number of rotatable bonds is 2. The minimum absolute atomic E-state index is 1.06. The molecule has 0 spiro atoms. The first kappa shape index (κ1) is 10.2. The number of piperazine rings is 1. The Bertz CT molecular complexity index is 301. The van der Waals surface area contributed by atoms with Gasteiger partial charge >= 0.3 is 0 Å². The van der Waals surface area contributed by atoms with Crippen molar-refractivity contribution in [3.63, 3.8) is 0 Å². The molecule has 2 rings (SSSR count). The molecule has 1 saturated heterocycles. The molecular formula is C11H18N4. The van der Waals surface area contributed by atoms with Crippen LogP contribution in [-0.2, 0) is 0 Å². The molecule has 1 fully saturated rings. The summed E-state index contributed by atoms with van der Waals surface area (Å²) in [4.78, 5) is 9.12. The van der Waals surface area contributed by atoms with Crippen LogP contribution in [0.1, 0.15) is 0 Å². The second-order valence-corrected chi connectivity index (χ2v) is 3.95. The van der Waals surface area contributed by atoms with Crippen molar-refractivity contribution in [3.8, 4) is 0 Å². The Balaban J connectivity index is 2.03. The second-order valence-electron chi connectivity index (χ2n) is 3.95. The molecule has 0 amide bonds. The molecule has 4 nitrogen and oxygen atoms in total. The molecule has 82 valence electrons. The van der Waals surface area contributed by atoms with Crippen LogP contribution in [0.3, 0.4) is 0 Å². The van der Waals surface area contributed by atoms with Crippen molar-refractivity contribution in [1.82, 2.24) is 9.88 Å². The maximum absolute atomic E-state index is 4.44. The van der Waals surface area contributed by atoms with Crippen LogP contribution in [0, 0.1) is 0 Å². The zero-order chi connectivity index (χ0) is 10.7. The number of hydrogen-bond donors (Lipinski definition) is 1. The van der Waals surface area contributed by atoms with Crippen LogP contribution in [-0.4, -0.2) is 50.2 Å². The lowest BCUT2D eigenvalue weighted by molar-refractivity contribution is 0.312. The number of hydrogen-bond acceptors (Lipinski definition) is 4. The lowest BCUT2D eigenvalue weighted by atomic mass is 10.3. The van der Waals surface area contributed by atoms with Crippen molar-refractivity contribution in [2.75, 3.05) is 50.5 Å². The third-order valence-corrected chi connectivity index (χ3v) is 2.86. The molecule has 1 aliphatic rings. The topological polar surface area (TPSA) is 31.4 Å². The molecule has 0 atom stereocenters. The highest BCUT2D eigenvalue weighted by molar-refractivity contribution is 5.48. The summed E-state index contributed by atoms with van der Waals surface area (Å²) in [6.07, 6.45) is 1.88. The number of nitrogens with one attached hydrogen (secondary N) is 1. The lowest BCUT2D eigenvalue weighted by Gasteiger charge is -2.33. The standard InChI is InChI=1S/C11H18N4/c1-12-10-3-4-11(13-9-10)15-7-5-14(2)6-8-15/h3-4,9,12H,5-8H2,1-2H3. The third-order valence-electron chi connectivity index (χ3n) is 2.86. The van der Waals surface area contributed by atoms with Crippen LogP contribution < -0.4 is 10.2 Å². The fourth-order valence-electron chi connectivity index (χ4n) is 1.76. The first-order chi connectivity index (χ1) is 7.29. The number of nitrogens with zero attached hydrogens (tertiary/aromatic N) is 3. The highest BCUT2D eigenvalue weighted by Crippen LogP contribution is 2.15. The minimum atomic E-state index is 1.06. The number of pyridine rings is 1. The van der Waals surface area contributed by atoms with Crippen molar-refractivity contribution in [3.05, 3.63) is 18.3 Å². The van der Waals surface area contributed by atoms with E-state index in [2.05, 4.69) is 39.3 Å². The highest BCUT2D eigenvalue weighted by Gasteiger charge is 2.14. The maximum Gasteiger partial charge on any atom is 0.128 e. The first-order valence-corrected chi connectivity index (χ1v) is 5.37. The molecule has 0 unspecified atom stereocenters. The van der Waals surface area contributed by atoms with Crippen molar-refractivity contribution < 1.29 is 0 Å². The molecular weight excluding hydrogens is 188 g/mol. The summed E-state index contributed by atoms with van der Waals surface area (Å²) < 4.78 is 0. The maximum atomic E-state index is 4.44. The van der Waals surface area contributed by atoms with Crippen molar-refractivity contribution >= 4 is 11.5 Å². The molecule has 0 aromatic carbocycles. The van der Waals surface area contributed by atoms with E-state index in [0.29, 0.717) is 0 Å². The van der Waals surface area contributed by atoms with Crippen LogP contribution >= 0.6 is 0 Å². The van der Waals surface area contributed by atoms with Gasteiger partial charge in [0.1, 0.15) is 5.82 Å². The minimum Gasteiger partial charge on any atom is -0.387 e. The largest absolute Gasteiger partial charge is 0.387 e. The summed E-state index contributed by atoms with van der Waals surface area (Å²) >= 11 is 0. The molecule has 1 N–H and O–H groups in total. The number of aromatic nitrogens is 1. The second kappa shape index (κ2) is 4.49. The summed E-state index contributed by atoms with van der Waals surface area (Å²) in [5.74, 6) is 1.09. The van der Waals surface area contributed by atoms with E-state index in [1.54, 1.807) is 0 Å². The van der Waals surface area contributed by atoms with Gasteiger partial charge < -0.3 is 15.1 Å². The van der Waals surface area contributed by atoms with E-state index in [-0.39, 0.29) is 0 Å². The van der Waals surface area contributed by atoms with Crippen LogP contribution in [0.25, 0.3) is 0 Å². The molecule has 0 aliphatic carbocycles. The smallest absolute Gasteiger partial charge is 0.128 e. The molecule has 1 aromatic heterocycles. The molecule has 0 radical (unpaired) electrons. The fourth-order valence-corrected chi connectivity index (χ4v) is 1.76. The average molecular weight is 206 g/mol. The van der Waals surface area contributed by atoms with Gasteiger partial charge in [0.2, 0.25) is 0 Å². The third kappa shape index (κ3) is 2.39. The summed E-state index contributed by atoms with van der Waals surface area (Å²) in [7, 11) is 4.07. The highest BCUT2D eigenvalue weighted by atomic mass is 15.3. The predicted molar refractivity (Wildman–Crippen MR) is 63.5 cm³/mol. The van der Waals surface area contributed by atoms with Crippen molar-refractivity contribution in [2.24, 2.45) is 0 Å². The monoisotopic (exact) mass is 206 g/mol. The van der Waals surface area contributed by atoms with E-state index in [1.807, 2.05) is 13.2 Å². The summed E-state index contributed by atoms with van der Waals surface area (Å²) in [6.45, 7) is 4.38. The average Bonchev–Trinajstić information content (AvgIpc) is 2.30. The molecule has 2 heterocycles. The van der Waals surface area contributed by atoms with Crippen LogP contribution in [0.5, 0.6) is 0 Å². The van der Waals surface area contributed by atoms with Gasteiger partial charge in [-0.05, 0) is 19.2 Å². The van der Waals surface area contributed by atoms with E-state index in [1.165, 1.54) is 0 Å². The fraction of sp³-hybridized carbons (Fsp3) is 0.545. The Morgan fingerprint density at radius 3 is 2.47 bits per heavy atom. The van der Waals surface area contributed by atoms with Crippen LogP contribution in [0.4, 0.5) is 11.5 Å². The van der Waals surface area contributed by atoms with E-state index in [4.69, 9.17) is 0 Å². The summed E-state index contributed by atoms with van der Waals surface area (Å²) in [5, 5.41) is 3.07. The molecule has 1 aliphatic heterocycles. The molecule has 1 aromatic rings. The van der Waals surface area contributed by atoms with Crippen molar-refractivity contribution in [1.29, 1.82) is 0 Å². The lowest BCUT2D eigenvalue weighted by Crippen LogP contribution is -2.44. The first-order valence-electron chi connectivity index (χ1n) is 5.37. The zero-order valence-corrected chi connectivity index (χ0v) is 9.40.